The number of nitrogens with two attached hydrogens (primary N) is 1. The molecule has 34 heavy (non-hydrogen) atoms. The highest BCUT2D eigenvalue weighted by molar-refractivity contribution is 6.30. The number of halogens is 1. The van der Waals surface area contributed by atoms with Crippen LogP contribution in [0.2, 0.25) is 5.02 Å². The van der Waals surface area contributed by atoms with Crippen molar-refractivity contribution in [2.45, 2.75) is 25.7 Å². The number of carbonyl (C=O) groups is 1. The molecule has 1 unspecified atom stereocenters. The van der Waals surface area contributed by atoms with Crippen LogP contribution in [0.15, 0.2) is 78.2 Å². The minimum atomic E-state index is -0.508. The van der Waals surface area contributed by atoms with E-state index in [1.54, 1.807) is 54.6 Å². The Kier molecular flexibility index (Phi) is 7.05. The molecule has 6 nitrogen and oxygen atoms in total. The number of nitriles is 1. The summed E-state index contributed by atoms with van der Waals surface area (Å²) in [5.41, 5.74) is 8.34. The largest absolute Gasteiger partial charge is 0.494 e. The molecule has 0 saturated carbocycles. The number of hydrogen-bond donors (Lipinski definition) is 1. The zero-order valence-electron chi connectivity index (χ0n) is 18.6. The van der Waals surface area contributed by atoms with Crippen molar-refractivity contribution in [3.05, 3.63) is 99.9 Å². The van der Waals surface area contributed by atoms with E-state index in [9.17, 15) is 10.1 Å². The van der Waals surface area contributed by atoms with Gasteiger partial charge in [-0.1, -0.05) is 43.1 Å². The van der Waals surface area contributed by atoms with Gasteiger partial charge >= 0.3 is 5.97 Å². The van der Waals surface area contributed by atoms with Gasteiger partial charge in [0.15, 0.2) is 0 Å². The Morgan fingerprint density at radius 2 is 1.79 bits per heavy atom. The van der Waals surface area contributed by atoms with Gasteiger partial charge in [0, 0.05) is 16.7 Å². The predicted octanol–water partition coefficient (Wildman–Crippen LogP) is 5.96. The number of nitrogens with zero attached hydrogens (tertiary/aromatic N) is 1. The zero-order chi connectivity index (χ0) is 24.1. The molecule has 0 radical (unpaired) electrons. The second kappa shape index (κ2) is 10.3. The van der Waals surface area contributed by atoms with E-state index in [1.165, 1.54) is 0 Å². The Morgan fingerprint density at radius 1 is 1.09 bits per heavy atom. The van der Waals surface area contributed by atoms with Crippen molar-refractivity contribution in [1.29, 1.82) is 5.26 Å². The van der Waals surface area contributed by atoms with E-state index in [-0.39, 0.29) is 5.88 Å². The first kappa shape index (κ1) is 23.2. The molecule has 0 saturated heterocycles. The van der Waals surface area contributed by atoms with Gasteiger partial charge < -0.3 is 19.9 Å². The summed E-state index contributed by atoms with van der Waals surface area (Å²) in [5.74, 6) is 0.506. The van der Waals surface area contributed by atoms with E-state index in [0.29, 0.717) is 40.0 Å². The summed E-state index contributed by atoms with van der Waals surface area (Å²) < 4.78 is 16.9. The number of esters is 1. The third-order valence-corrected chi connectivity index (χ3v) is 5.71. The van der Waals surface area contributed by atoms with Crippen LogP contribution in [0.5, 0.6) is 17.2 Å². The van der Waals surface area contributed by atoms with Crippen molar-refractivity contribution in [2.75, 3.05) is 6.61 Å². The summed E-state index contributed by atoms with van der Waals surface area (Å²) in [5, 5.41) is 10.3. The lowest BCUT2D eigenvalue weighted by molar-refractivity contribution is 0.0734. The van der Waals surface area contributed by atoms with E-state index in [0.717, 1.165) is 24.0 Å². The van der Waals surface area contributed by atoms with Crippen LogP contribution in [0.25, 0.3) is 0 Å². The number of carbonyl (C=O) groups excluding carboxylic acids is 1. The third-order valence-electron chi connectivity index (χ3n) is 5.46. The molecule has 0 spiro atoms. The van der Waals surface area contributed by atoms with Crippen molar-refractivity contribution >= 4 is 17.6 Å². The normalized spacial score (nSPS) is 14.6. The topological polar surface area (TPSA) is 94.6 Å². The van der Waals surface area contributed by atoms with Crippen molar-refractivity contribution in [3.8, 4) is 23.3 Å². The number of unbranched alkanes of at least 4 members (excludes halogenated alkanes) is 1. The van der Waals surface area contributed by atoms with Gasteiger partial charge in [0.1, 0.15) is 28.9 Å². The molecule has 0 aliphatic carbocycles. The van der Waals surface area contributed by atoms with E-state index in [1.807, 2.05) is 12.1 Å². The highest BCUT2D eigenvalue weighted by Crippen LogP contribution is 2.43. The molecular formula is C27H23ClN2O4. The van der Waals surface area contributed by atoms with E-state index in [4.69, 9.17) is 31.5 Å². The summed E-state index contributed by atoms with van der Waals surface area (Å²) in [6.07, 6.45) is 2.02. The van der Waals surface area contributed by atoms with Gasteiger partial charge in [0.2, 0.25) is 5.88 Å². The molecule has 0 fully saturated rings. The lowest BCUT2D eigenvalue weighted by atomic mass is 9.83. The quantitative estimate of drug-likeness (QED) is 0.258. The van der Waals surface area contributed by atoms with Crippen LogP contribution in [0.3, 0.4) is 0 Å². The fourth-order valence-corrected chi connectivity index (χ4v) is 3.81. The van der Waals surface area contributed by atoms with E-state index in [2.05, 4.69) is 13.0 Å². The summed E-state index contributed by atoms with van der Waals surface area (Å²) in [4.78, 5) is 12.6. The number of fused-ring (bicyclic) bond motifs is 1. The maximum atomic E-state index is 12.6. The second-order valence-electron chi connectivity index (χ2n) is 7.79. The van der Waals surface area contributed by atoms with Gasteiger partial charge in [-0.05, 0) is 54.4 Å². The van der Waals surface area contributed by atoms with Crippen LogP contribution in [0, 0.1) is 11.3 Å². The Labute approximate surface area is 203 Å². The smallest absolute Gasteiger partial charge is 0.343 e. The van der Waals surface area contributed by atoms with Gasteiger partial charge in [0.05, 0.1) is 18.1 Å². The number of benzene rings is 3. The van der Waals surface area contributed by atoms with Gasteiger partial charge in [-0.15, -0.1) is 0 Å². The average Bonchev–Trinajstić information content (AvgIpc) is 2.84. The number of hydrogen-bond acceptors (Lipinski definition) is 6. The van der Waals surface area contributed by atoms with E-state index >= 15 is 0 Å². The molecule has 1 aliphatic heterocycles. The zero-order valence-corrected chi connectivity index (χ0v) is 19.3. The Balaban J connectivity index is 1.55. The molecule has 172 valence electrons. The summed E-state index contributed by atoms with van der Waals surface area (Å²) >= 11 is 6.02. The molecule has 4 rings (SSSR count). The molecule has 2 N–H and O–H groups in total. The predicted molar refractivity (Wildman–Crippen MR) is 129 cm³/mol. The van der Waals surface area contributed by atoms with Crippen molar-refractivity contribution < 1.29 is 19.0 Å². The maximum Gasteiger partial charge on any atom is 0.343 e. The van der Waals surface area contributed by atoms with Crippen molar-refractivity contribution in [3.63, 3.8) is 0 Å². The molecule has 1 atom stereocenters. The maximum absolute atomic E-state index is 12.6. The molecular weight excluding hydrogens is 452 g/mol. The summed E-state index contributed by atoms with van der Waals surface area (Å²) in [6.45, 7) is 2.73. The highest BCUT2D eigenvalue weighted by atomic mass is 35.5. The SMILES string of the molecule is CCCCOc1ccc(C(=O)Oc2ccc3c(c2)OC(N)=C(C#N)C3c2ccc(Cl)cc2)cc1. The van der Waals surface area contributed by atoms with Crippen molar-refractivity contribution in [1.82, 2.24) is 0 Å². The second-order valence-corrected chi connectivity index (χ2v) is 8.23. The Hall–Kier alpha value is -3.95. The van der Waals surface area contributed by atoms with Crippen LogP contribution in [-0.2, 0) is 0 Å². The lowest BCUT2D eigenvalue weighted by Gasteiger charge is -2.26. The average molecular weight is 475 g/mol. The van der Waals surface area contributed by atoms with Crippen LogP contribution >= 0.6 is 11.6 Å². The standard InChI is InChI=1S/C27H23ClN2O4/c1-2-3-14-32-20-10-6-18(7-11-20)27(31)33-21-12-13-22-24(15-21)34-26(30)23(16-29)25(22)17-4-8-19(28)9-5-17/h4-13,15,25H,2-3,14,30H2,1H3. The minimum absolute atomic E-state index is 0.0112. The van der Waals surface area contributed by atoms with Gasteiger partial charge in [-0.25, -0.2) is 4.79 Å². The fourth-order valence-electron chi connectivity index (χ4n) is 3.68. The fraction of sp³-hybridized carbons (Fsp3) is 0.185. The molecule has 0 bridgehead atoms. The minimum Gasteiger partial charge on any atom is -0.494 e. The summed E-state index contributed by atoms with van der Waals surface area (Å²) in [7, 11) is 0. The Morgan fingerprint density at radius 3 is 2.47 bits per heavy atom. The number of allylic oxidation sites excluding steroid dienone is 1. The van der Waals surface area contributed by atoms with Crippen LogP contribution in [-0.4, -0.2) is 12.6 Å². The van der Waals surface area contributed by atoms with Gasteiger partial charge in [0.25, 0.3) is 0 Å². The number of rotatable bonds is 7. The first-order valence-corrected chi connectivity index (χ1v) is 11.3. The molecule has 1 aliphatic rings. The Bertz CT molecular complexity index is 1260. The van der Waals surface area contributed by atoms with Crippen molar-refractivity contribution in [2.24, 2.45) is 5.73 Å². The van der Waals surface area contributed by atoms with E-state index < -0.39 is 11.9 Å². The molecule has 7 heteroatoms. The molecule has 3 aromatic rings. The molecule has 0 aromatic heterocycles. The van der Waals surface area contributed by atoms with Gasteiger partial charge in [-0.3, -0.25) is 0 Å². The lowest BCUT2D eigenvalue weighted by Crippen LogP contribution is -2.21. The van der Waals surface area contributed by atoms with Gasteiger partial charge in [-0.2, -0.15) is 5.26 Å². The third kappa shape index (κ3) is 5.00. The highest BCUT2D eigenvalue weighted by Gasteiger charge is 2.31. The first-order valence-electron chi connectivity index (χ1n) is 10.9. The number of ether oxygens (including phenoxy) is 3. The summed E-state index contributed by atoms with van der Waals surface area (Å²) in [6, 6.07) is 21.2. The van der Waals surface area contributed by atoms with Crippen LogP contribution in [0.1, 0.15) is 47.2 Å². The monoisotopic (exact) mass is 474 g/mol. The van der Waals surface area contributed by atoms with Crippen LogP contribution < -0.4 is 19.9 Å². The molecule has 1 heterocycles. The first-order chi connectivity index (χ1) is 16.5. The van der Waals surface area contributed by atoms with Crippen LogP contribution in [0.4, 0.5) is 0 Å². The molecule has 0 amide bonds. The molecule has 3 aromatic carbocycles.